The number of para-hydroxylation sites is 1. The third kappa shape index (κ3) is 4.18. The van der Waals surface area contributed by atoms with Gasteiger partial charge in [0.05, 0.1) is 0 Å². The molecule has 0 spiro atoms. The molecule has 1 amide bonds. The van der Waals surface area contributed by atoms with Crippen molar-refractivity contribution in [2.45, 2.75) is 52.2 Å². The second-order valence-corrected chi connectivity index (χ2v) is 8.03. The molecule has 0 unspecified atom stereocenters. The number of hydrogen-bond acceptors (Lipinski definition) is 5. The molecule has 7 heteroatoms. The fourth-order valence-corrected chi connectivity index (χ4v) is 3.49. The van der Waals surface area contributed by atoms with E-state index in [4.69, 9.17) is 9.47 Å². The number of carbonyl (C=O) groups excluding carboxylic acids is 3. The van der Waals surface area contributed by atoms with Crippen LogP contribution in [-0.2, 0) is 14.3 Å². The number of Topliss-reactive ketones (excluding diaryl/α,β-unsaturated/α-hetero) is 1. The normalized spacial score (nSPS) is 17.0. The van der Waals surface area contributed by atoms with E-state index in [1.165, 1.54) is 4.90 Å². The zero-order valence-electron chi connectivity index (χ0n) is 16.7. The van der Waals surface area contributed by atoms with Gasteiger partial charge in [0.15, 0.2) is 6.61 Å². The molecule has 1 saturated heterocycles. The van der Waals surface area contributed by atoms with E-state index in [1.807, 2.05) is 31.2 Å². The standard InChI is InChI=1S/C21H26N2O5/c1-13-18(14-8-5-6-9-15(14)22-13)17(24)12-27-19(25)16-10-7-11-23(16)20(26)28-21(2,3)4/h5-6,8-9,16,22H,7,10-12H2,1-4H3/t16-/m0/s1. The van der Waals surface area contributed by atoms with Crippen molar-refractivity contribution in [3.8, 4) is 0 Å². The molecule has 1 aliphatic heterocycles. The number of ether oxygens (including phenoxy) is 2. The van der Waals surface area contributed by atoms with Crippen LogP contribution in [0.2, 0.25) is 0 Å². The predicted molar refractivity (Wildman–Crippen MR) is 104 cm³/mol. The van der Waals surface area contributed by atoms with Crippen LogP contribution >= 0.6 is 0 Å². The van der Waals surface area contributed by atoms with Crippen LogP contribution in [0.4, 0.5) is 4.79 Å². The first kappa shape index (κ1) is 19.9. The average molecular weight is 386 g/mol. The van der Waals surface area contributed by atoms with E-state index in [0.717, 1.165) is 16.6 Å². The molecule has 150 valence electrons. The number of esters is 1. The van der Waals surface area contributed by atoms with E-state index in [-0.39, 0.29) is 12.4 Å². The van der Waals surface area contributed by atoms with Crippen molar-refractivity contribution in [3.05, 3.63) is 35.5 Å². The smallest absolute Gasteiger partial charge is 0.411 e. The topological polar surface area (TPSA) is 88.7 Å². The van der Waals surface area contributed by atoms with Gasteiger partial charge < -0.3 is 14.5 Å². The molecule has 1 fully saturated rings. The number of nitrogens with one attached hydrogen (secondary N) is 1. The average Bonchev–Trinajstić information content (AvgIpc) is 3.21. The van der Waals surface area contributed by atoms with E-state index in [0.29, 0.717) is 24.9 Å². The Morgan fingerprint density at radius 1 is 1.21 bits per heavy atom. The van der Waals surface area contributed by atoms with Crippen LogP contribution in [0, 0.1) is 6.92 Å². The van der Waals surface area contributed by atoms with Crippen LogP contribution < -0.4 is 0 Å². The largest absolute Gasteiger partial charge is 0.456 e. The lowest BCUT2D eigenvalue weighted by atomic mass is 10.1. The molecule has 1 aromatic heterocycles. The Morgan fingerprint density at radius 2 is 1.93 bits per heavy atom. The van der Waals surface area contributed by atoms with Crippen molar-refractivity contribution < 1.29 is 23.9 Å². The van der Waals surface area contributed by atoms with Crippen LogP contribution in [0.3, 0.4) is 0 Å². The number of rotatable bonds is 4. The zero-order valence-corrected chi connectivity index (χ0v) is 16.7. The number of hydrogen-bond donors (Lipinski definition) is 1. The Bertz CT molecular complexity index is 909. The first-order valence-corrected chi connectivity index (χ1v) is 9.44. The number of nitrogens with zero attached hydrogens (tertiary/aromatic N) is 1. The Morgan fingerprint density at radius 3 is 2.64 bits per heavy atom. The molecule has 1 aromatic carbocycles. The minimum Gasteiger partial charge on any atom is -0.456 e. The van der Waals surface area contributed by atoms with Gasteiger partial charge in [0.25, 0.3) is 0 Å². The van der Waals surface area contributed by atoms with Crippen molar-refractivity contribution in [2.75, 3.05) is 13.2 Å². The molecule has 0 saturated carbocycles. The number of amides is 1. The Balaban J connectivity index is 1.65. The summed E-state index contributed by atoms with van der Waals surface area (Å²) in [6.07, 6.45) is 0.651. The Hall–Kier alpha value is -2.83. The molecule has 2 heterocycles. The first-order valence-electron chi connectivity index (χ1n) is 9.44. The van der Waals surface area contributed by atoms with Crippen molar-refractivity contribution >= 4 is 28.7 Å². The van der Waals surface area contributed by atoms with E-state index in [2.05, 4.69) is 4.98 Å². The van der Waals surface area contributed by atoms with Gasteiger partial charge in [-0.05, 0) is 46.6 Å². The van der Waals surface area contributed by atoms with Crippen molar-refractivity contribution in [1.82, 2.24) is 9.88 Å². The summed E-state index contributed by atoms with van der Waals surface area (Å²) in [6.45, 7) is 7.21. The van der Waals surface area contributed by atoms with E-state index < -0.39 is 23.7 Å². The highest BCUT2D eigenvalue weighted by Gasteiger charge is 2.38. The van der Waals surface area contributed by atoms with Gasteiger partial charge in [-0.3, -0.25) is 9.69 Å². The van der Waals surface area contributed by atoms with Crippen LogP contribution in [0.1, 0.15) is 49.7 Å². The summed E-state index contributed by atoms with van der Waals surface area (Å²) in [6, 6.07) is 6.78. The van der Waals surface area contributed by atoms with Crippen LogP contribution in [0.15, 0.2) is 24.3 Å². The number of aromatic nitrogens is 1. The van der Waals surface area contributed by atoms with Gasteiger partial charge in [-0.1, -0.05) is 18.2 Å². The summed E-state index contributed by atoms with van der Waals surface area (Å²) in [4.78, 5) is 42.0. The van der Waals surface area contributed by atoms with Gasteiger partial charge in [-0.2, -0.15) is 0 Å². The summed E-state index contributed by atoms with van der Waals surface area (Å²) in [7, 11) is 0. The van der Waals surface area contributed by atoms with E-state index in [9.17, 15) is 14.4 Å². The molecule has 7 nitrogen and oxygen atoms in total. The van der Waals surface area contributed by atoms with Crippen molar-refractivity contribution in [2.24, 2.45) is 0 Å². The molecule has 0 radical (unpaired) electrons. The Labute approximate surface area is 164 Å². The fourth-order valence-electron chi connectivity index (χ4n) is 3.49. The highest BCUT2D eigenvalue weighted by Crippen LogP contribution is 2.24. The summed E-state index contributed by atoms with van der Waals surface area (Å²) in [5, 5.41) is 0.803. The van der Waals surface area contributed by atoms with Crippen LogP contribution in [0.5, 0.6) is 0 Å². The number of aryl methyl sites for hydroxylation is 1. The van der Waals surface area contributed by atoms with E-state index in [1.54, 1.807) is 20.8 Å². The molecular formula is C21H26N2O5. The van der Waals surface area contributed by atoms with E-state index >= 15 is 0 Å². The summed E-state index contributed by atoms with van der Waals surface area (Å²) >= 11 is 0. The number of H-pyrrole nitrogens is 1. The maximum absolute atomic E-state index is 12.7. The zero-order chi connectivity index (χ0) is 20.5. The second kappa shape index (κ2) is 7.66. The SMILES string of the molecule is Cc1[nH]c2ccccc2c1C(=O)COC(=O)[C@@H]1CCCN1C(=O)OC(C)(C)C. The summed E-state index contributed by atoms with van der Waals surface area (Å²) in [5.41, 5.74) is 1.48. The minimum absolute atomic E-state index is 0.273. The molecule has 28 heavy (non-hydrogen) atoms. The van der Waals surface area contributed by atoms with Gasteiger partial charge in [-0.15, -0.1) is 0 Å². The Kier molecular flexibility index (Phi) is 5.45. The lowest BCUT2D eigenvalue weighted by Crippen LogP contribution is -2.44. The number of carbonyl (C=O) groups is 3. The monoisotopic (exact) mass is 386 g/mol. The number of ketones is 1. The number of benzene rings is 1. The van der Waals surface area contributed by atoms with Crippen molar-refractivity contribution in [3.63, 3.8) is 0 Å². The first-order chi connectivity index (χ1) is 13.2. The lowest BCUT2D eigenvalue weighted by Gasteiger charge is -2.27. The third-order valence-corrected chi connectivity index (χ3v) is 4.67. The summed E-state index contributed by atoms with van der Waals surface area (Å²) in [5.74, 6) is -0.848. The second-order valence-electron chi connectivity index (χ2n) is 8.03. The number of likely N-dealkylation sites (tertiary alicyclic amines) is 1. The lowest BCUT2D eigenvalue weighted by molar-refractivity contribution is -0.147. The summed E-state index contributed by atoms with van der Waals surface area (Å²) < 4.78 is 10.6. The predicted octanol–water partition coefficient (Wildman–Crippen LogP) is 3.60. The minimum atomic E-state index is -0.716. The molecule has 3 rings (SSSR count). The molecule has 1 atom stereocenters. The quantitative estimate of drug-likeness (QED) is 0.641. The molecule has 0 aliphatic carbocycles. The number of fused-ring (bicyclic) bond motifs is 1. The fraction of sp³-hybridized carbons (Fsp3) is 0.476. The van der Waals surface area contributed by atoms with Gasteiger partial charge in [0.1, 0.15) is 11.6 Å². The van der Waals surface area contributed by atoms with Crippen LogP contribution in [0.25, 0.3) is 10.9 Å². The maximum atomic E-state index is 12.7. The highest BCUT2D eigenvalue weighted by molar-refractivity contribution is 6.10. The molecule has 2 aromatic rings. The van der Waals surface area contributed by atoms with Crippen LogP contribution in [-0.4, -0.2) is 52.5 Å². The van der Waals surface area contributed by atoms with Gasteiger partial charge in [0, 0.05) is 28.7 Å². The molecule has 1 N–H and O–H groups in total. The maximum Gasteiger partial charge on any atom is 0.411 e. The highest BCUT2D eigenvalue weighted by atomic mass is 16.6. The third-order valence-electron chi connectivity index (χ3n) is 4.67. The molecular weight excluding hydrogens is 360 g/mol. The number of aromatic amines is 1. The van der Waals surface area contributed by atoms with Gasteiger partial charge in [0.2, 0.25) is 5.78 Å². The van der Waals surface area contributed by atoms with Crippen molar-refractivity contribution in [1.29, 1.82) is 0 Å². The van der Waals surface area contributed by atoms with Gasteiger partial charge in [-0.25, -0.2) is 9.59 Å². The molecule has 1 aliphatic rings. The van der Waals surface area contributed by atoms with Gasteiger partial charge >= 0.3 is 12.1 Å². The molecule has 0 bridgehead atoms.